The predicted octanol–water partition coefficient (Wildman–Crippen LogP) is 1.91. The molecular formula is C18H18N4O3. The van der Waals surface area contributed by atoms with Crippen LogP contribution in [0.15, 0.2) is 59.3 Å². The number of nitrogens with zero attached hydrogens (tertiary/aromatic N) is 3. The van der Waals surface area contributed by atoms with Crippen molar-refractivity contribution in [1.82, 2.24) is 20.4 Å². The van der Waals surface area contributed by atoms with E-state index < -0.39 is 6.04 Å². The summed E-state index contributed by atoms with van der Waals surface area (Å²) in [6.45, 7) is -0.167. The van der Waals surface area contributed by atoms with Crippen LogP contribution in [-0.4, -0.2) is 32.7 Å². The number of carbonyl (C=O) groups is 1. The van der Waals surface area contributed by atoms with Gasteiger partial charge in [-0.1, -0.05) is 41.6 Å². The molecule has 3 aromatic rings. The van der Waals surface area contributed by atoms with E-state index in [0.29, 0.717) is 23.8 Å². The molecule has 3 rings (SSSR count). The van der Waals surface area contributed by atoms with Gasteiger partial charge in [0.05, 0.1) is 12.6 Å². The van der Waals surface area contributed by atoms with Crippen molar-refractivity contribution in [3.63, 3.8) is 0 Å². The maximum atomic E-state index is 12.1. The van der Waals surface area contributed by atoms with Crippen LogP contribution < -0.4 is 5.32 Å². The Bertz CT molecular complexity index is 805. The van der Waals surface area contributed by atoms with Crippen LogP contribution in [0.3, 0.4) is 0 Å². The fraction of sp³-hybridized carbons (Fsp3) is 0.222. The molecule has 1 amide bonds. The van der Waals surface area contributed by atoms with Gasteiger partial charge in [-0.15, -0.1) is 0 Å². The van der Waals surface area contributed by atoms with Crippen molar-refractivity contribution in [1.29, 1.82) is 0 Å². The second-order valence-corrected chi connectivity index (χ2v) is 5.44. The lowest BCUT2D eigenvalue weighted by atomic mass is 10.1. The number of aliphatic hydroxyl groups excluding tert-OH is 1. The van der Waals surface area contributed by atoms with Crippen molar-refractivity contribution in [3.05, 3.63) is 66.2 Å². The number of rotatable bonds is 7. The van der Waals surface area contributed by atoms with Gasteiger partial charge >= 0.3 is 0 Å². The number of amides is 1. The van der Waals surface area contributed by atoms with Gasteiger partial charge in [-0.2, -0.15) is 4.98 Å². The summed E-state index contributed by atoms with van der Waals surface area (Å²) in [4.78, 5) is 20.5. The number of aliphatic hydroxyl groups is 1. The number of aryl methyl sites for hydroxylation is 1. The highest BCUT2D eigenvalue weighted by atomic mass is 16.5. The second-order valence-electron chi connectivity index (χ2n) is 5.44. The first-order valence-electron chi connectivity index (χ1n) is 7.95. The number of benzene rings is 1. The Morgan fingerprint density at radius 3 is 2.68 bits per heavy atom. The van der Waals surface area contributed by atoms with E-state index >= 15 is 0 Å². The van der Waals surface area contributed by atoms with Crippen molar-refractivity contribution in [2.45, 2.75) is 18.9 Å². The van der Waals surface area contributed by atoms with Crippen LogP contribution in [0.25, 0.3) is 11.5 Å². The van der Waals surface area contributed by atoms with Crippen LogP contribution in [0.5, 0.6) is 0 Å². The summed E-state index contributed by atoms with van der Waals surface area (Å²) < 4.78 is 5.15. The van der Waals surface area contributed by atoms with E-state index in [1.807, 2.05) is 36.4 Å². The first kappa shape index (κ1) is 16.8. The molecule has 7 heteroatoms. The van der Waals surface area contributed by atoms with Crippen molar-refractivity contribution in [2.75, 3.05) is 6.61 Å². The molecule has 25 heavy (non-hydrogen) atoms. The highest BCUT2D eigenvalue weighted by Gasteiger charge is 2.15. The number of carbonyl (C=O) groups excluding carboxylic acids is 1. The molecule has 2 N–H and O–H groups in total. The third-order valence-corrected chi connectivity index (χ3v) is 3.65. The summed E-state index contributed by atoms with van der Waals surface area (Å²) in [6, 6.07) is 14.3. The molecule has 128 valence electrons. The van der Waals surface area contributed by atoms with Crippen molar-refractivity contribution < 1.29 is 14.4 Å². The zero-order valence-electron chi connectivity index (χ0n) is 13.5. The number of aromatic nitrogens is 3. The molecule has 0 spiro atoms. The van der Waals surface area contributed by atoms with Crippen LogP contribution in [0.2, 0.25) is 0 Å². The minimum Gasteiger partial charge on any atom is -0.394 e. The largest absolute Gasteiger partial charge is 0.394 e. The Morgan fingerprint density at radius 2 is 1.96 bits per heavy atom. The Hall–Kier alpha value is -3.06. The zero-order chi connectivity index (χ0) is 17.5. The molecule has 1 aromatic carbocycles. The molecule has 0 bridgehead atoms. The molecule has 2 heterocycles. The normalized spacial score (nSPS) is 11.9. The SMILES string of the molecule is O=C(CCc1nc(-c2ccccn2)no1)N[C@H](CO)c1ccccc1. The van der Waals surface area contributed by atoms with Crippen LogP contribution in [-0.2, 0) is 11.2 Å². The van der Waals surface area contributed by atoms with Crippen molar-refractivity contribution in [2.24, 2.45) is 0 Å². The molecule has 0 unspecified atom stereocenters. The third-order valence-electron chi connectivity index (χ3n) is 3.65. The predicted molar refractivity (Wildman–Crippen MR) is 90.3 cm³/mol. The van der Waals surface area contributed by atoms with Gasteiger partial charge in [0, 0.05) is 19.0 Å². The van der Waals surface area contributed by atoms with Crippen LogP contribution in [0, 0.1) is 0 Å². The Labute approximate surface area is 144 Å². The summed E-state index contributed by atoms with van der Waals surface area (Å²) >= 11 is 0. The van der Waals surface area contributed by atoms with Gasteiger partial charge in [-0.25, -0.2) is 0 Å². The molecule has 0 saturated heterocycles. The van der Waals surface area contributed by atoms with E-state index in [4.69, 9.17) is 4.52 Å². The van der Waals surface area contributed by atoms with Gasteiger partial charge in [0.1, 0.15) is 5.69 Å². The van der Waals surface area contributed by atoms with E-state index in [0.717, 1.165) is 5.56 Å². The maximum Gasteiger partial charge on any atom is 0.227 e. The van der Waals surface area contributed by atoms with Gasteiger partial charge in [0.15, 0.2) is 0 Å². The Kier molecular flexibility index (Phi) is 5.48. The minimum absolute atomic E-state index is 0.167. The molecule has 0 saturated carbocycles. The Morgan fingerprint density at radius 1 is 1.16 bits per heavy atom. The fourth-order valence-corrected chi connectivity index (χ4v) is 2.36. The average Bonchev–Trinajstić information content (AvgIpc) is 3.15. The third kappa shape index (κ3) is 4.48. The lowest BCUT2D eigenvalue weighted by Crippen LogP contribution is -2.30. The highest BCUT2D eigenvalue weighted by molar-refractivity contribution is 5.76. The number of nitrogens with one attached hydrogen (secondary N) is 1. The molecule has 7 nitrogen and oxygen atoms in total. The standard InChI is InChI=1S/C18H18N4O3/c23-12-15(13-6-2-1-3-7-13)20-16(24)9-10-17-21-18(22-25-17)14-8-4-5-11-19-14/h1-8,11,15,23H,9-10,12H2,(H,20,24)/t15-/m1/s1. The van der Waals surface area contributed by atoms with E-state index in [-0.39, 0.29) is 18.9 Å². The zero-order valence-corrected chi connectivity index (χ0v) is 13.5. The van der Waals surface area contributed by atoms with Crippen LogP contribution in [0.4, 0.5) is 0 Å². The average molecular weight is 338 g/mol. The van der Waals surface area contributed by atoms with Gasteiger partial charge in [0.25, 0.3) is 0 Å². The molecule has 0 aliphatic carbocycles. The summed E-state index contributed by atoms with van der Waals surface area (Å²) in [6.07, 6.45) is 2.16. The Balaban J connectivity index is 1.55. The smallest absolute Gasteiger partial charge is 0.227 e. The summed E-state index contributed by atoms with van der Waals surface area (Å²) in [5.74, 6) is 0.574. The summed E-state index contributed by atoms with van der Waals surface area (Å²) in [5, 5.41) is 16.1. The number of hydrogen-bond acceptors (Lipinski definition) is 6. The fourth-order valence-electron chi connectivity index (χ4n) is 2.36. The molecule has 0 radical (unpaired) electrons. The van der Waals surface area contributed by atoms with Crippen LogP contribution in [0.1, 0.15) is 23.9 Å². The highest BCUT2D eigenvalue weighted by Crippen LogP contribution is 2.14. The van der Waals surface area contributed by atoms with Crippen molar-refractivity contribution in [3.8, 4) is 11.5 Å². The molecule has 0 aliphatic rings. The van der Waals surface area contributed by atoms with E-state index in [9.17, 15) is 9.90 Å². The first-order valence-corrected chi connectivity index (χ1v) is 7.95. The van der Waals surface area contributed by atoms with Gasteiger partial charge in [0.2, 0.25) is 17.6 Å². The van der Waals surface area contributed by atoms with E-state index in [1.54, 1.807) is 18.3 Å². The van der Waals surface area contributed by atoms with E-state index in [1.165, 1.54) is 0 Å². The lowest BCUT2D eigenvalue weighted by molar-refractivity contribution is -0.122. The first-order chi connectivity index (χ1) is 12.3. The lowest BCUT2D eigenvalue weighted by Gasteiger charge is -2.16. The molecule has 0 fully saturated rings. The summed E-state index contributed by atoms with van der Waals surface area (Å²) in [7, 11) is 0. The molecular weight excluding hydrogens is 320 g/mol. The van der Waals surface area contributed by atoms with E-state index in [2.05, 4.69) is 20.4 Å². The number of pyridine rings is 1. The van der Waals surface area contributed by atoms with Gasteiger partial charge in [-0.05, 0) is 17.7 Å². The number of hydrogen-bond donors (Lipinski definition) is 2. The monoisotopic (exact) mass is 338 g/mol. The quantitative estimate of drug-likeness (QED) is 0.682. The van der Waals surface area contributed by atoms with Crippen LogP contribution >= 0.6 is 0 Å². The maximum absolute atomic E-state index is 12.1. The van der Waals surface area contributed by atoms with Crippen molar-refractivity contribution >= 4 is 5.91 Å². The topological polar surface area (TPSA) is 101 Å². The minimum atomic E-state index is -0.430. The summed E-state index contributed by atoms with van der Waals surface area (Å²) in [5.41, 5.74) is 1.47. The van der Waals surface area contributed by atoms with Gasteiger partial charge < -0.3 is 14.9 Å². The van der Waals surface area contributed by atoms with Gasteiger partial charge in [-0.3, -0.25) is 9.78 Å². The second kappa shape index (κ2) is 8.16. The molecule has 1 atom stereocenters. The molecule has 2 aromatic heterocycles. The molecule has 0 aliphatic heterocycles.